The predicted molar refractivity (Wildman–Crippen MR) is 141 cm³/mol. The number of aromatic nitrogens is 3. The smallest absolute Gasteiger partial charge is 0.251 e. The second-order valence-electron chi connectivity index (χ2n) is 8.97. The number of aryl methyl sites for hydroxylation is 1. The minimum atomic E-state index is -3.52. The van der Waals surface area contributed by atoms with Crippen LogP contribution in [0.4, 0.5) is 4.39 Å². The zero-order valence-electron chi connectivity index (χ0n) is 20.0. The van der Waals surface area contributed by atoms with Crippen LogP contribution < -0.4 is 5.32 Å². The van der Waals surface area contributed by atoms with Gasteiger partial charge in [0.05, 0.1) is 15.4 Å². The van der Waals surface area contributed by atoms with Gasteiger partial charge in [-0.05, 0) is 60.5 Å². The maximum absolute atomic E-state index is 14.5. The number of fused-ring (bicyclic) bond motifs is 2. The molecule has 0 aliphatic rings. The number of H-pyrrole nitrogens is 1. The third kappa shape index (κ3) is 5.19. The van der Waals surface area contributed by atoms with Gasteiger partial charge in [-0.2, -0.15) is 0 Å². The zero-order valence-corrected chi connectivity index (χ0v) is 21.5. The SMILES string of the molecule is Cc1cnc2c(S(C)(=O)=O)cc(Cc3cc(C(=O)NCc4cc5c(Cl)c[nH]c5cc4F)ccn3)cc2c1. The lowest BCUT2D eigenvalue weighted by Gasteiger charge is -2.10. The molecule has 3 heterocycles. The van der Waals surface area contributed by atoms with E-state index in [-0.39, 0.29) is 11.4 Å². The van der Waals surface area contributed by atoms with Gasteiger partial charge in [0, 0.05) is 70.9 Å². The Kier molecular flexibility index (Phi) is 6.43. The van der Waals surface area contributed by atoms with E-state index >= 15 is 0 Å². The molecule has 0 unspecified atom stereocenters. The summed E-state index contributed by atoms with van der Waals surface area (Å²) in [5.74, 6) is -0.845. The largest absolute Gasteiger partial charge is 0.360 e. The number of hydrogen-bond donors (Lipinski definition) is 2. The Hall–Kier alpha value is -3.82. The first kappa shape index (κ1) is 24.9. The number of benzene rings is 2. The summed E-state index contributed by atoms with van der Waals surface area (Å²) < 4.78 is 39.3. The summed E-state index contributed by atoms with van der Waals surface area (Å²) >= 11 is 6.13. The molecule has 1 amide bonds. The van der Waals surface area contributed by atoms with E-state index in [9.17, 15) is 17.6 Å². The van der Waals surface area contributed by atoms with Crippen molar-refractivity contribution in [2.75, 3.05) is 6.26 Å². The normalized spacial score (nSPS) is 11.8. The lowest BCUT2D eigenvalue weighted by molar-refractivity contribution is 0.0950. The molecule has 2 aromatic carbocycles. The fraction of sp³-hybridized carbons (Fsp3) is 0.148. The summed E-state index contributed by atoms with van der Waals surface area (Å²) in [5.41, 5.74) is 3.88. The highest BCUT2D eigenvalue weighted by atomic mass is 35.5. The molecule has 0 atom stereocenters. The van der Waals surface area contributed by atoms with E-state index in [1.54, 1.807) is 36.7 Å². The molecule has 0 aliphatic heterocycles. The molecule has 7 nitrogen and oxygen atoms in total. The minimum Gasteiger partial charge on any atom is -0.360 e. The van der Waals surface area contributed by atoms with Crippen LogP contribution in [0.5, 0.6) is 0 Å². The Morgan fingerprint density at radius 2 is 1.95 bits per heavy atom. The maximum Gasteiger partial charge on any atom is 0.251 e. The third-order valence-corrected chi connectivity index (χ3v) is 7.47. The van der Waals surface area contributed by atoms with E-state index in [1.807, 2.05) is 19.1 Å². The Balaban J connectivity index is 1.38. The number of nitrogens with one attached hydrogen (secondary N) is 2. The van der Waals surface area contributed by atoms with E-state index in [0.717, 1.165) is 17.4 Å². The van der Waals surface area contributed by atoms with Gasteiger partial charge < -0.3 is 10.3 Å². The monoisotopic (exact) mass is 536 g/mol. The van der Waals surface area contributed by atoms with Crippen molar-refractivity contribution in [3.8, 4) is 0 Å². The topological polar surface area (TPSA) is 105 Å². The fourth-order valence-electron chi connectivity index (χ4n) is 4.26. The summed E-state index contributed by atoms with van der Waals surface area (Å²) in [4.78, 5) is 24.5. The van der Waals surface area contributed by atoms with Crippen LogP contribution in [0.3, 0.4) is 0 Å². The van der Waals surface area contributed by atoms with Gasteiger partial charge >= 0.3 is 0 Å². The molecule has 0 aliphatic carbocycles. The molecule has 0 spiro atoms. The van der Waals surface area contributed by atoms with Crippen molar-refractivity contribution in [1.29, 1.82) is 0 Å². The lowest BCUT2D eigenvalue weighted by atomic mass is 10.0. The molecule has 3 aromatic heterocycles. The molecule has 5 rings (SSSR count). The van der Waals surface area contributed by atoms with Crippen LogP contribution in [0.2, 0.25) is 5.02 Å². The van der Waals surface area contributed by atoms with E-state index < -0.39 is 21.6 Å². The molecular weight excluding hydrogens is 515 g/mol. The molecule has 5 aromatic rings. The fourth-order valence-corrected chi connectivity index (χ4v) is 5.36. The maximum atomic E-state index is 14.5. The van der Waals surface area contributed by atoms with Crippen molar-refractivity contribution in [2.24, 2.45) is 0 Å². The van der Waals surface area contributed by atoms with Gasteiger partial charge in [-0.25, -0.2) is 12.8 Å². The number of rotatable bonds is 6. The van der Waals surface area contributed by atoms with Crippen molar-refractivity contribution in [2.45, 2.75) is 24.8 Å². The van der Waals surface area contributed by atoms with Gasteiger partial charge in [0.15, 0.2) is 9.84 Å². The summed E-state index contributed by atoms with van der Waals surface area (Å²) in [5, 5.41) is 4.60. The molecule has 0 bridgehead atoms. The first-order chi connectivity index (χ1) is 17.6. The number of sulfone groups is 1. The van der Waals surface area contributed by atoms with Crippen LogP contribution in [0.25, 0.3) is 21.8 Å². The van der Waals surface area contributed by atoms with Gasteiger partial charge in [-0.3, -0.25) is 14.8 Å². The Labute approximate surface area is 217 Å². The summed E-state index contributed by atoms with van der Waals surface area (Å²) in [6, 6.07) is 11.5. The van der Waals surface area contributed by atoms with E-state index in [4.69, 9.17) is 11.6 Å². The quantitative estimate of drug-likeness (QED) is 0.313. The molecular formula is C27H22ClFN4O3S. The van der Waals surface area contributed by atoms with Gasteiger partial charge in [0.2, 0.25) is 0 Å². The third-order valence-electron chi connectivity index (χ3n) is 6.05. The number of hydrogen-bond acceptors (Lipinski definition) is 5. The van der Waals surface area contributed by atoms with Crippen molar-refractivity contribution in [3.05, 3.63) is 99.8 Å². The van der Waals surface area contributed by atoms with Crippen LogP contribution in [0.15, 0.2) is 66.0 Å². The Morgan fingerprint density at radius 3 is 2.73 bits per heavy atom. The number of carbonyl (C=O) groups is 1. The second-order valence-corrected chi connectivity index (χ2v) is 11.4. The van der Waals surface area contributed by atoms with E-state index in [0.29, 0.717) is 50.1 Å². The summed E-state index contributed by atoms with van der Waals surface area (Å²) in [7, 11) is -3.52. The van der Waals surface area contributed by atoms with Crippen LogP contribution >= 0.6 is 11.6 Å². The van der Waals surface area contributed by atoms with Crippen molar-refractivity contribution in [3.63, 3.8) is 0 Å². The minimum absolute atomic E-state index is 0.0193. The van der Waals surface area contributed by atoms with Crippen LogP contribution in [0.1, 0.15) is 32.7 Å². The molecule has 188 valence electrons. The van der Waals surface area contributed by atoms with Gasteiger partial charge in [-0.15, -0.1) is 0 Å². The lowest BCUT2D eigenvalue weighted by Crippen LogP contribution is -2.23. The Morgan fingerprint density at radius 1 is 1.14 bits per heavy atom. The zero-order chi connectivity index (χ0) is 26.3. The molecule has 0 saturated heterocycles. The van der Waals surface area contributed by atoms with Crippen molar-refractivity contribution in [1.82, 2.24) is 20.3 Å². The van der Waals surface area contributed by atoms with Crippen molar-refractivity contribution < 1.29 is 17.6 Å². The van der Waals surface area contributed by atoms with E-state index in [2.05, 4.69) is 20.3 Å². The van der Waals surface area contributed by atoms with Crippen LogP contribution in [-0.2, 0) is 22.8 Å². The van der Waals surface area contributed by atoms with E-state index in [1.165, 1.54) is 12.3 Å². The van der Waals surface area contributed by atoms with Gasteiger partial charge in [0.1, 0.15) is 5.82 Å². The summed E-state index contributed by atoms with van der Waals surface area (Å²) in [6.07, 6.45) is 6.20. The van der Waals surface area contributed by atoms with Crippen LogP contribution in [-0.4, -0.2) is 35.5 Å². The molecule has 0 radical (unpaired) electrons. The average Bonchev–Trinajstić information content (AvgIpc) is 3.20. The first-order valence-corrected chi connectivity index (χ1v) is 13.6. The highest BCUT2D eigenvalue weighted by molar-refractivity contribution is 7.91. The number of carbonyl (C=O) groups excluding carboxylic acids is 1. The van der Waals surface area contributed by atoms with Gasteiger partial charge in [-0.1, -0.05) is 11.6 Å². The molecule has 0 fully saturated rings. The predicted octanol–water partition coefficient (Wildman–Crippen LogP) is 5.14. The molecule has 0 saturated carbocycles. The number of aromatic amines is 1. The van der Waals surface area contributed by atoms with Crippen molar-refractivity contribution >= 4 is 49.2 Å². The number of pyridine rings is 2. The number of nitrogens with zero attached hydrogens (tertiary/aromatic N) is 2. The summed E-state index contributed by atoms with van der Waals surface area (Å²) in [6.45, 7) is 1.87. The average molecular weight is 537 g/mol. The highest BCUT2D eigenvalue weighted by Gasteiger charge is 2.16. The standard InChI is InChI=1S/C27H22ClFN4O3S/c1-15-5-18-6-16(8-25(37(2,35)36)26(18)32-12-15)7-20-9-17(3-4-30-20)27(34)33-13-19-10-21-22(28)14-31-24(21)11-23(19)29/h3-6,8-12,14,31H,7,13H2,1-2H3,(H,33,34). The number of halogens is 2. The second kappa shape index (κ2) is 9.57. The highest BCUT2D eigenvalue weighted by Crippen LogP contribution is 2.27. The Bertz CT molecular complexity index is 1800. The van der Waals surface area contributed by atoms with Gasteiger partial charge in [0.25, 0.3) is 5.91 Å². The first-order valence-electron chi connectivity index (χ1n) is 11.4. The molecule has 37 heavy (non-hydrogen) atoms. The molecule has 2 N–H and O–H groups in total. The van der Waals surface area contributed by atoms with Crippen LogP contribution in [0, 0.1) is 12.7 Å². The molecule has 10 heteroatoms. The number of amides is 1.